The van der Waals surface area contributed by atoms with E-state index in [0.717, 1.165) is 12.8 Å². The van der Waals surface area contributed by atoms with Gasteiger partial charge in [0.25, 0.3) is 0 Å². The van der Waals surface area contributed by atoms with Gasteiger partial charge in [0, 0.05) is 24.4 Å². The van der Waals surface area contributed by atoms with E-state index in [0.29, 0.717) is 13.1 Å². The fourth-order valence-corrected chi connectivity index (χ4v) is 2.99. The summed E-state index contributed by atoms with van der Waals surface area (Å²) in [7, 11) is 0. The highest BCUT2D eigenvalue weighted by Crippen LogP contribution is 2.37. The largest absolute Gasteiger partial charge is 0.375 e. The molecule has 0 bridgehead atoms. The van der Waals surface area contributed by atoms with Crippen molar-refractivity contribution >= 4 is 5.57 Å². The maximum atomic E-state index is 14.4. The van der Waals surface area contributed by atoms with E-state index < -0.39 is 40.2 Å². The van der Waals surface area contributed by atoms with Gasteiger partial charge < -0.3 is 4.90 Å². The summed E-state index contributed by atoms with van der Waals surface area (Å²) in [5.41, 5.74) is -1.85. The molecule has 1 aromatic carbocycles. The van der Waals surface area contributed by atoms with Crippen molar-refractivity contribution in [2.24, 2.45) is 0 Å². The van der Waals surface area contributed by atoms with E-state index in [2.05, 4.69) is 0 Å². The lowest BCUT2D eigenvalue weighted by atomic mass is 9.92. The smallest absolute Gasteiger partial charge is 0.200 e. The topological polar surface area (TPSA) is 50.8 Å². The number of hydrogen-bond acceptors (Lipinski definition) is 3. The molecule has 0 radical (unpaired) electrons. The molecule has 0 aliphatic carbocycles. The standard InChI is InChI=1S/C18H14F5N3/c1-9(11(7-24)8-25)12(10(2)26-5-3-4-6-26)13-14(19)16(21)18(23)17(22)15(13)20/h3-6H2,1-2H3/b12-10-. The van der Waals surface area contributed by atoms with Gasteiger partial charge in [-0.05, 0) is 32.3 Å². The molecule has 26 heavy (non-hydrogen) atoms. The van der Waals surface area contributed by atoms with Crippen molar-refractivity contribution in [3.05, 3.63) is 51.5 Å². The van der Waals surface area contributed by atoms with Crippen molar-refractivity contribution in [2.75, 3.05) is 13.1 Å². The zero-order valence-corrected chi connectivity index (χ0v) is 14.1. The van der Waals surface area contributed by atoms with Gasteiger partial charge in [-0.1, -0.05) is 0 Å². The highest BCUT2D eigenvalue weighted by Gasteiger charge is 2.31. The molecule has 3 nitrogen and oxygen atoms in total. The van der Waals surface area contributed by atoms with E-state index in [4.69, 9.17) is 10.5 Å². The van der Waals surface area contributed by atoms with Crippen molar-refractivity contribution in [2.45, 2.75) is 26.7 Å². The molecular formula is C18H14F5N3. The van der Waals surface area contributed by atoms with Gasteiger partial charge in [0.15, 0.2) is 23.3 Å². The SMILES string of the molecule is CC(=C(C#N)C#N)/C(=C(\C)N1CCCC1)c1c(F)c(F)c(F)c(F)c1F. The minimum absolute atomic E-state index is 0.150. The van der Waals surface area contributed by atoms with E-state index in [1.807, 2.05) is 0 Å². The summed E-state index contributed by atoms with van der Waals surface area (Å²) in [6.45, 7) is 3.78. The van der Waals surface area contributed by atoms with Crippen LogP contribution < -0.4 is 0 Å². The fourth-order valence-electron chi connectivity index (χ4n) is 2.99. The van der Waals surface area contributed by atoms with E-state index in [1.54, 1.807) is 17.0 Å². The van der Waals surface area contributed by atoms with E-state index in [-0.39, 0.29) is 16.8 Å². The number of allylic oxidation sites excluding steroid dienone is 4. The summed E-state index contributed by atoms with van der Waals surface area (Å²) >= 11 is 0. The lowest BCUT2D eigenvalue weighted by molar-refractivity contribution is 0.375. The summed E-state index contributed by atoms with van der Waals surface area (Å²) in [4.78, 5) is 1.73. The maximum Gasteiger partial charge on any atom is 0.200 e. The van der Waals surface area contributed by atoms with Gasteiger partial charge in [-0.3, -0.25) is 0 Å². The normalized spacial score (nSPS) is 14.6. The fraction of sp³-hybridized carbons (Fsp3) is 0.333. The van der Waals surface area contributed by atoms with Crippen LogP contribution >= 0.6 is 0 Å². The van der Waals surface area contributed by atoms with Gasteiger partial charge >= 0.3 is 0 Å². The third kappa shape index (κ3) is 3.15. The third-order valence-electron chi connectivity index (χ3n) is 4.38. The Balaban J connectivity index is 2.93. The monoisotopic (exact) mass is 367 g/mol. The van der Waals surface area contributed by atoms with Crippen molar-refractivity contribution < 1.29 is 22.0 Å². The minimum atomic E-state index is -2.26. The number of hydrogen-bond donors (Lipinski definition) is 0. The first-order chi connectivity index (χ1) is 12.3. The summed E-state index contributed by atoms with van der Waals surface area (Å²) in [5.74, 6) is -10.4. The quantitative estimate of drug-likeness (QED) is 0.258. The Morgan fingerprint density at radius 3 is 1.65 bits per heavy atom. The van der Waals surface area contributed by atoms with Crippen molar-refractivity contribution in [1.29, 1.82) is 10.5 Å². The molecule has 0 aromatic heterocycles. The molecule has 0 saturated carbocycles. The molecule has 136 valence electrons. The van der Waals surface area contributed by atoms with Crippen LogP contribution in [0, 0.1) is 51.7 Å². The Morgan fingerprint density at radius 1 is 0.808 bits per heavy atom. The maximum absolute atomic E-state index is 14.4. The number of nitriles is 2. The Hall–Kier alpha value is -2.87. The van der Waals surface area contributed by atoms with Gasteiger partial charge in [-0.15, -0.1) is 0 Å². The zero-order valence-electron chi connectivity index (χ0n) is 14.1. The second-order valence-electron chi connectivity index (χ2n) is 5.82. The number of benzene rings is 1. The zero-order chi connectivity index (χ0) is 19.6. The molecule has 1 fully saturated rings. The molecular weight excluding hydrogens is 353 g/mol. The predicted molar refractivity (Wildman–Crippen MR) is 83.6 cm³/mol. The summed E-state index contributed by atoms with van der Waals surface area (Å²) in [5, 5.41) is 18.1. The number of likely N-dealkylation sites (tertiary alicyclic amines) is 1. The summed E-state index contributed by atoms with van der Waals surface area (Å²) < 4.78 is 69.5. The number of rotatable bonds is 3. The average Bonchev–Trinajstić information content (AvgIpc) is 3.17. The van der Waals surface area contributed by atoms with Crippen molar-refractivity contribution in [3.8, 4) is 12.1 Å². The van der Waals surface area contributed by atoms with Crippen LogP contribution in [0.15, 0.2) is 16.8 Å². The molecule has 2 rings (SSSR count). The van der Waals surface area contributed by atoms with Crippen molar-refractivity contribution in [1.82, 2.24) is 4.90 Å². The van der Waals surface area contributed by atoms with Crippen LogP contribution in [0.3, 0.4) is 0 Å². The van der Waals surface area contributed by atoms with Crippen LogP contribution in [-0.2, 0) is 0 Å². The van der Waals surface area contributed by atoms with Crippen molar-refractivity contribution in [3.63, 3.8) is 0 Å². The van der Waals surface area contributed by atoms with Crippen LogP contribution in [0.4, 0.5) is 22.0 Å². The first-order valence-corrected chi connectivity index (χ1v) is 7.75. The summed E-state index contributed by atoms with van der Waals surface area (Å²) in [6.07, 6.45) is 1.60. The molecule has 1 saturated heterocycles. The van der Waals surface area contributed by atoms with Crippen LogP contribution in [-0.4, -0.2) is 18.0 Å². The highest BCUT2D eigenvalue weighted by molar-refractivity contribution is 5.83. The second kappa shape index (κ2) is 7.57. The lowest BCUT2D eigenvalue weighted by Gasteiger charge is -2.24. The lowest BCUT2D eigenvalue weighted by Crippen LogP contribution is -2.20. The van der Waals surface area contributed by atoms with E-state index in [1.165, 1.54) is 13.8 Å². The Bertz CT molecular complexity index is 852. The minimum Gasteiger partial charge on any atom is -0.375 e. The third-order valence-corrected chi connectivity index (χ3v) is 4.38. The Labute approximate surface area is 147 Å². The molecule has 0 spiro atoms. The van der Waals surface area contributed by atoms with E-state index >= 15 is 0 Å². The number of halogens is 5. The van der Waals surface area contributed by atoms with Crippen LogP contribution in [0.1, 0.15) is 32.3 Å². The highest BCUT2D eigenvalue weighted by atomic mass is 19.2. The molecule has 1 aliphatic rings. The molecule has 0 atom stereocenters. The van der Waals surface area contributed by atoms with Gasteiger partial charge in [0.1, 0.15) is 17.7 Å². The molecule has 1 aliphatic heterocycles. The second-order valence-corrected chi connectivity index (χ2v) is 5.82. The average molecular weight is 367 g/mol. The first kappa shape index (κ1) is 19.5. The Kier molecular flexibility index (Phi) is 5.66. The molecule has 8 heteroatoms. The van der Waals surface area contributed by atoms with Crippen LogP contribution in [0.2, 0.25) is 0 Å². The first-order valence-electron chi connectivity index (χ1n) is 7.75. The van der Waals surface area contributed by atoms with Crippen LogP contribution in [0.25, 0.3) is 5.57 Å². The van der Waals surface area contributed by atoms with Crippen LogP contribution in [0.5, 0.6) is 0 Å². The molecule has 1 aromatic rings. The molecule has 1 heterocycles. The summed E-state index contributed by atoms with van der Waals surface area (Å²) in [6, 6.07) is 3.17. The van der Waals surface area contributed by atoms with Gasteiger partial charge in [-0.2, -0.15) is 10.5 Å². The molecule has 0 unspecified atom stereocenters. The van der Waals surface area contributed by atoms with Gasteiger partial charge in [-0.25, -0.2) is 22.0 Å². The molecule has 0 N–H and O–H groups in total. The predicted octanol–water partition coefficient (Wildman–Crippen LogP) is 4.57. The van der Waals surface area contributed by atoms with E-state index in [9.17, 15) is 22.0 Å². The van der Waals surface area contributed by atoms with Gasteiger partial charge in [0.2, 0.25) is 5.82 Å². The van der Waals surface area contributed by atoms with Gasteiger partial charge in [0.05, 0.1) is 5.56 Å². The molecule has 0 amide bonds. The Morgan fingerprint density at radius 2 is 1.23 bits per heavy atom. The number of nitrogens with zero attached hydrogens (tertiary/aromatic N) is 3.